The average Bonchev–Trinajstić information content (AvgIpc) is 2.59. The number of hydrogen-bond acceptors (Lipinski definition) is 4. The number of benzene rings is 1. The molecule has 0 amide bonds. The van der Waals surface area contributed by atoms with Crippen LogP contribution in [0.15, 0.2) is 24.3 Å². The molecule has 16 heavy (non-hydrogen) atoms. The predicted molar refractivity (Wildman–Crippen MR) is 55.1 cm³/mol. The minimum atomic E-state index is -5.49. The fourth-order valence-electron chi connectivity index (χ4n) is 1.11. The van der Waals surface area contributed by atoms with Gasteiger partial charge in [-0.05, 0) is 12.1 Å². The number of hydrogen-bond donors (Lipinski definition) is 1. The summed E-state index contributed by atoms with van der Waals surface area (Å²) in [6, 6.07) is 6.24. The fraction of sp³-hybridized carbons (Fsp3) is 0.125. The minimum absolute atomic E-state index is 0.269. The van der Waals surface area contributed by atoms with E-state index in [4.69, 9.17) is 4.55 Å². The molecule has 0 saturated carbocycles. The molecule has 2 aromatic rings. The number of thiazole rings is 1. The van der Waals surface area contributed by atoms with Crippen LogP contribution in [0.4, 0.5) is 8.78 Å². The molecule has 0 atom stereocenters. The second-order valence-electron chi connectivity index (χ2n) is 2.98. The molecule has 0 saturated heterocycles. The van der Waals surface area contributed by atoms with Gasteiger partial charge in [0.1, 0.15) is 0 Å². The molecule has 0 aliphatic carbocycles. The van der Waals surface area contributed by atoms with E-state index in [0.29, 0.717) is 16.0 Å². The van der Waals surface area contributed by atoms with E-state index in [-0.39, 0.29) is 5.52 Å². The van der Waals surface area contributed by atoms with E-state index < -0.39 is 20.4 Å². The van der Waals surface area contributed by atoms with Crippen LogP contribution in [0.3, 0.4) is 0 Å². The molecule has 0 aliphatic heterocycles. The molecule has 0 unspecified atom stereocenters. The quantitative estimate of drug-likeness (QED) is 0.845. The molecule has 0 radical (unpaired) electrons. The van der Waals surface area contributed by atoms with E-state index in [1.54, 1.807) is 12.1 Å². The van der Waals surface area contributed by atoms with Crippen LogP contribution in [0.5, 0.6) is 0 Å². The largest absolute Gasteiger partial charge is 0.420 e. The number of para-hydroxylation sites is 1. The smallest absolute Gasteiger partial charge is 0.281 e. The number of halogens is 2. The molecule has 1 aromatic carbocycles. The Kier molecular flexibility index (Phi) is 2.44. The van der Waals surface area contributed by atoms with Crippen LogP contribution in [0.1, 0.15) is 5.01 Å². The lowest BCUT2D eigenvalue weighted by molar-refractivity contribution is 0.0789. The number of aromatic nitrogens is 1. The van der Waals surface area contributed by atoms with Crippen LogP contribution < -0.4 is 0 Å². The van der Waals surface area contributed by atoms with Crippen molar-refractivity contribution >= 4 is 31.7 Å². The van der Waals surface area contributed by atoms with Crippen molar-refractivity contribution in [3.05, 3.63) is 29.3 Å². The highest BCUT2D eigenvalue weighted by molar-refractivity contribution is 7.86. The second-order valence-corrected chi connectivity index (χ2v) is 5.47. The zero-order valence-electron chi connectivity index (χ0n) is 7.59. The Hall–Kier alpha value is -1.12. The van der Waals surface area contributed by atoms with E-state index in [9.17, 15) is 17.2 Å². The van der Waals surface area contributed by atoms with Gasteiger partial charge in [0.25, 0.3) is 0 Å². The standard InChI is InChI=1S/C8H5F2NO3S2/c9-8(10,16(12,13)14)7-11-5-3-1-2-4-6(5)15-7/h1-4H,(H,12,13,14). The lowest BCUT2D eigenvalue weighted by Gasteiger charge is -2.08. The number of fused-ring (bicyclic) bond motifs is 1. The van der Waals surface area contributed by atoms with Crippen molar-refractivity contribution in [2.45, 2.75) is 5.25 Å². The molecular weight excluding hydrogens is 260 g/mol. The molecule has 0 aliphatic rings. The van der Waals surface area contributed by atoms with Gasteiger partial charge in [0.15, 0.2) is 5.01 Å². The third kappa shape index (κ3) is 1.68. The van der Waals surface area contributed by atoms with Crippen molar-refractivity contribution in [1.82, 2.24) is 4.98 Å². The Labute approximate surface area is 93.3 Å². The molecular formula is C8H5F2NO3S2. The lowest BCUT2D eigenvalue weighted by Crippen LogP contribution is -2.25. The monoisotopic (exact) mass is 265 g/mol. The highest BCUT2D eigenvalue weighted by Gasteiger charge is 2.49. The summed E-state index contributed by atoms with van der Waals surface area (Å²) < 4.78 is 56.3. The molecule has 8 heteroatoms. The number of nitrogens with zero attached hydrogens (tertiary/aromatic N) is 1. The highest BCUT2D eigenvalue weighted by Crippen LogP contribution is 2.37. The number of rotatable bonds is 2. The Morgan fingerprint density at radius 3 is 2.50 bits per heavy atom. The van der Waals surface area contributed by atoms with Crippen molar-refractivity contribution < 1.29 is 21.8 Å². The van der Waals surface area contributed by atoms with Crippen molar-refractivity contribution in [3.8, 4) is 0 Å². The zero-order chi connectivity index (χ0) is 12.0. The first-order valence-corrected chi connectivity index (χ1v) is 6.29. The van der Waals surface area contributed by atoms with Gasteiger partial charge in [-0.1, -0.05) is 12.1 Å². The van der Waals surface area contributed by atoms with Crippen molar-refractivity contribution in [3.63, 3.8) is 0 Å². The van der Waals surface area contributed by atoms with Gasteiger partial charge in [0.05, 0.1) is 10.2 Å². The summed E-state index contributed by atoms with van der Waals surface area (Å²) in [5.74, 6) is 0. The normalized spacial score (nSPS) is 13.2. The summed E-state index contributed by atoms with van der Waals surface area (Å²) in [4.78, 5) is 3.48. The Balaban J connectivity index is 2.65. The first-order chi connectivity index (χ1) is 7.32. The molecule has 86 valence electrons. The molecule has 0 spiro atoms. The first-order valence-electron chi connectivity index (χ1n) is 4.03. The highest BCUT2D eigenvalue weighted by atomic mass is 32.2. The summed E-state index contributed by atoms with van der Waals surface area (Å²) >= 11 is 0.531. The number of alkyl halides is 2. The van der Waals surface area contributed by atoms with Crippen LogP contribution in [-0.4, -0.2) is 18.0 Å². The maximum Gasteiger partial charge on any atom is 0.420 e. The van der Waals surface area contributed by atoms with Crippen molar-refractivity contribution in [2.24, 2.45) is 0 Å². The van der Waals surface area contributed by atoms with Gasteiger partial charge in [-0.15, -0.1) is 11.3 Å². The fourth-order valence-corrected chi connectivity index (χ4v) is 2.65. The van der Waals surface area contributed by atoms with E-state index in [0.717, 1.165) is 0 Å². The third-order valence-electron chi connectivity index (χ3n) is 1.87. The predicted octanol–water partition coefficient (Wildman–Crippen LogP) is 2.23. The van der Waals surface area contributed by atoms with Crippen molar-refractivity contribution in [1.29, 1.82) is 0 Å². The van der Waals surface area contributed by atoms with Gasteiger partial charge in [-0.2, -0.15) is 17.2 Å². The Morgan fingerprint density at radius 1 is 1.31 bits per heavy atom. The Bertz CT molecular complexity index is 603. The lowest BCUT2D eigenvalue weighted by atomic mass is 10.3. The topological polar surface area (TPSA) is 67.3 Å². The summed E-state index contributed by atoms with van der Waals surface area (Å²) in [7, 11) is -5.49. The maximum absolute atomic E-state index is 13.2. The van der Waals surface area contributed by atoms with E-state index in [1.807, 2.05) is 0 Å². The van der Waals surface area contributed by atoms with E-state index in [2.05, 4.69) is 4.98 Å². The van der Waals surface area contributed by atoms with Gasteiger partial charge in [-0.25, -0.2) is 4.98 Å². The molecule has 1 heterocycles. The van der Waals surface area contributed by atoms with Crippen LogP contribution >= 0.6 is 11.3 Å². The van der Waals surface area contributed by atoms with E-state index in [1.165, 1.54) is 12.1 Å². The molecule has 0 bridgehead atoms. The van der Waals surface area contributed by atoms with Gasteiger partial charge in [0.2, 0.25) is 0 Å². The van der Waals surface area contributed by atoms with Crippen LogP contribution in [0, 0.1) is 0 Å². The first kappa shape index (κ1) is 11.4. The molecule has 1 aromatic heterocycles. The van der Waals surface area contributed by atoms with Crippen LogP contribution in [-0.2, 0) is 15.4 Å². The summed E-state index contributed by atoms with van der Waals surface area (Å²) in [5.41, 5.74) is 0.269. The summed E-state index contributed by atoms with van der Waals surface area (Å²) in [6.07, 6.45) is 0. The third-order valence-corrected chi connectivity index (χ3v) is 3.94. The van der Waals surface area contributed by atoms with Gasteiger partial charge in [-0.3, -0.25) is 4.55 Å². The van der Waals surface area contributed by atoms with Gasteiger partial charge in [0, 0.05) is 0 Å². The molecule has 1 N–H and O–H groups in total. The average molecular weight is 265 g/mol. The van der Waals surface area contributed by atoms with Crippen LogP contribution in [0.25, 0.3) is 10.2 Å². The summed E-state index contributed by atoms with van der Waals surface area (Å²) in [5, 5.41) is -5.30. The maximum atomic E-state index is 13.2. The Morgan fingerprint density at radius 2 is 1.94 bits per heavy atom. The zero-order valence-corrected chi connectivity index (χ0v) is 9.23. The molecule has 0 fully saturated rings. The van der Waals surface area contributed by atoms with Crippen molar-refractivity contribution in [2.75, 3.05) is 0 Å². The second kappa shape index (κ2) is 3.44. The SMILES string of the molecule is O=S(=O)(O)C(F)(F)c1nc2ccccc2s1. The molecule has 4 nitrogen and oxygen atoms in total. The van der Waals surface area contributed by atoms with E-state index >= 15 is 0 Å². The minimum Gasteiger partial charge on any atom is -0.281 e. The van der Waals surface area contributed by atoms with Crippen LogP contribution in [0.2, 0.25) is 0 Å². The van der Waals surface area contributed by atoms with Gasteiger partial charge >= 0.3 is 15.4 Å². The summed E-state index contributed by atoms with van der Waals surface area (Å²) in [6.45, 7) is 0. The van der Waals surface area contributed by atoms with Gasteiger partial charge < -0.3 is 0 Å². The molecule has 2 rings (SSSR count).